The first-order valence-corrected chi connectivity index (χ1v) is 9.69. The second kappa shape index (κ2) is 7.63. The van der Waals surface area contributed by atoms with Crippen LogP contribution in [-0.4, -0.2) is 24.3 Å². The molecule has 2 heterocycles. The van der Waals surface area contributed by atoms with Crippen molar-refractivity contribution in [2.75, 3.05) is 13.7 Å². The predicted octanol–water partition coefficient (Wildman–Crippen LogP) is 4.37. The average molecular weight is 436 g/mol. The quantitative estimate of drug-likeness (QED) is 0.558. The van der Waals surface area contributed by atoms with Crippen LogP contribution in [-0.2, 0) is 11.3 Å². The van der Waals surface area contributed by atoms with Crippen LogP contribution in [0.25, 0.3) is 10.2 Å². The second-order valence-corrected chi connectivity index (χ2v) is 8.03. The number of nitrogens with zero attached hydrogens (tertiary/aromatic N) is 1. The van der Waals surface area contributed by atoms with Gasteiger partial charge in [0, 0.05) is 11.8 Å². The van der Waals surface area contributed by atoms with Gasteiger partial charge in [-0.3, -0.25) is 4.79 Å². The van der Waals surface area contributed by atoms with Gasteiger partial charge in [0.25, 0.3) is 0 Å². The minimum absolute atomic E-state index is 0.0441. The molecule has 136 valence electrons. The molecule has 0 fully saturated rings. The minimum Gasteiger partial charge on any atom is -0.496 e. The molecule has 0 unspecified atom stereocenters. The summed E-state index contributed by atoms with van der Waals surface area (Å²) in [6, 6.07) is 7.68. The molecule has 3 aromatic rings. The van der Waals surface area contributed by atoms with Crippen molar-refractivity contribution in [1.29, 1.82) is 0 Å². The summed E-state index contributed by atoms with van der Waals surface area (Å²) in [7, 11) is 1.62. The number of carbonyl (C=O) groups excluding carboxylic acids is 1. The number of thiophene rings is 1. The van der Waals surface area contributed by atoms with E-state index in [4.69, 9.17) is 9.47 Å². The zero-order chi connectivity index (χ0) is 18.8. The Morgan fingerprint density at radius 1 is 1.31 bits per heavy atom. The van der Waals surface area contributed by atoms with E-state index in [2.05, 4.69) is 15.9 Å². The van der Waals surface area contributed by atoms with Crippen molar-refractivity contribution in [3.05, 3.63) is 61.2 Å². The normalized spacial score (nSPS) is 10.9. The van der Waals surface area contributed by atoms with E-state index < -0.39 is 5.97 Å². The number of hydrogen-bond donors (Lipinski definition) is 0. The number of hydrogen-bond acceptors (Lipinski definition) is 5. The van der Waals surface area contributed by atoms with E-state index in [1.54, 1.807) is 20.2 Å². The first kappa shape index (κ1) is 18.7. The van der Waals surface area contributed by atoms with Gasteiger partial charge in [-0.2, -0.15) is 0 Å². The molecule has 0 radical (unpaired) electrons. The highest BCUT2D eigenvalue weighted by Gasteiger charge is 2.21. The van der Waals surface area contributed by atoms with Crippen LogP contribution >= 0.6 is 27.3 Å². The van der Waals surface area contributed by atoms with Crippen LogP contribution in [0.2, 0.25) is 0 Å². The number of carbonyl (C=O) groups is 1. The molecule has 26 heavy (non-hydrogen) atoms. The maximum atomic E-state index is 12.9. The molecule has 5 nitrogen and oxygen atoms in total. The number of fused-ring (bicyclic) bond motifs is 1. The number of ether oxygens (including phenoxy) is 2. The topological polar surface area (TPSA) is 57.5 Å². The molecule has 0 spiro atoms. The molecule has 0 atom stereocenters. The van der Waals surface area contributed by atoms with E-state index >= 15 is 0 Å². The third kappa shape index (κ3) is 3.29. The van der Waals surface area contributed by atoms with Gasteiger partial charge in [0.2, 0.25) is 5.43 Å². The first-order valence-electron chi connectivity index (χ1n) is 8.09. The van der Waals surface area contributed by atoms with Crippen LogP contribution in [0, 0.1) is 6.92 Å². The Kier molecular flexibility index (Phi) is 5.48. The van der Waals surface area contributed by atoms with E-state index in [1.807, 2.05) is 35.8 Å². The molecular formula is C19H18BrNO4S. The number of aryl methyl sites for hydroxylation is 1. The summed E-state index contributed by atoms with van der Waals surface area (Å²) in [6.07, 6.45) is 1.58. The molecule has 7 heteroatoms. The lowest BCUT2D eigenvalue weighted by Crippen LogP contribution is -2.21. The van der Waals surface area contributed by atoms with E-state index in [-0.39, 0.29) is 17.6 Å². The van der Waals surface area contributed by atoms with Gasteiger partial charge in [0.05, 0.1) is 29.4 Å². The summed E-state index contributed by atoms with van der Waals surface area (Å²) < 4.78 is 13.3. The van der Waals surface area contributed by atoms with E-state index in [0.717, 1.165) is 25.5 Å². The maximum absolute atomic E-state index is 12.9. The zero-order valence-corrected chi connectivity index (χ0v) is 17.1. The Bertz CT molecular complexity index is 1040. The second-order valence-electron chi connectivity index (χ2n) is 5.71. The summed E-state index contributed by atoms with van der Waals surface area (Å²) in [5.41, 5.74) is 1.53. The molecular weight excluding hydrogens is 418 g/mol. The number of aromatic nitrogens is 1. The highest BCUT2D eigenvalue weighted by atomic mass is 79.9. The summed E-state index contributed by atoms with van der Waals surface area (Å²) in [4.78, 5) is 25.9. The van der Waals surface area contributed by atoms with Crippen molar-refractivity contribution in [1.82, 2.24) is 4.57 Å². The minimum atomic E-state index is -0.602. The molecule has 0 saturated carbocycles. The van der Waals surface area contributed by atoms with Crippen molar-refractivity contribution in [2.45, 2.75) is 20.4 Å². The number of methoxy groups -OCH3 is 1. The highest BCUT2D eigenvalue weighted by molar-refractivity contribution is 9.11. The Hall–Kier alpha value is -2.12. The lowest BCUT2D eigenvalue weighted by atomic mass is 10.1. The van der Waals surface area contributed by atoms with E-state index in [0.29, 0.717) is 11.9 Å². The maximum Gasteiger partial charge on any atom is 0.343 e. The van der Waals surface area contributed by atoms with E-state index in [1.165, 1.54) is 11.3 Å². The van der Waals surface area contributed by atoms with Crippen LogP contribution in [0.5, 0.6) is 5.75 Å². The molecule has 0 bridgehead atoms. The highest BCUT2D eigenvalue weighted by Crippen LogP contribution is 2.34. The number of benzene rings is 1. The lowest BCUT2D eigenvalue weighted by molar-refractivity contribution is 0.0524. The van der Waals surface area contributed by atoms with Crippen LogP contribution in [0.1, 0.15) is 28.4 Å². The SMILES string of the molecule is CCOC(=O)c1cn(Cc2ccccc2OC)c2sc(Br)c(C)c2c1=O. The Balaban J connectivity index is 2.24. The summed E-state index contributed by atoms with van der Waals surface area (Å²) in [6.45, 7) is 4.28. The van der Waals surface area contributed by atoms with Gasteiger partial charge >= 0.3 is 5.97 Å². The molecule has 0 saturated heterocycles. The fourth-order valence-electron chi connectivity index (χ4n) is 2.84. The molecule has 2 aromatic heterocycles. The van der Waals surface area contributed by atoms with Crippen molar-refractivity contribution in [2.24, 2.45) is 0 Å². The van der Waals surface area contributed by atoms with Crippen LogP contribution < -0.4 is 10.2 Å². The largest absolute Gasteiger partial charge is 0.496 e. The predicted molar refractivity (Wildman–Crippen MR) is 107 cm³/mol. The summed E-state index contributed by atoms with van der Waals surface area (Å²) >= 11 is 4.98. The van der Waals surface area contributed by atoms with Crippen molar-refractivity contribution in [3.8, 4) is 5.75 Å². The molecule has 3 rings (SSSR count). The molecule has 0 aliphatic heterocycles. The summed E-state index contributed by atoms with van der Waals surface area (Å²) in [5, 5.41) is 0.544. The van der Waals surface area contributed by atoms with Gasteiger partial charge in [0.15, 0.2) is 0 Å². The third-order valence-corrected chi connectivity index (χ3v) is 6.31. The van der Waals surface area contributed by atoms with Crippen LogP contribution in [0.15, 0.2) is 39.0 Å². The molecule has 0 N–H and O–H groups in total. The molecule has 0 amide bonds. The Morgan fingerprint density at radius 3 is 2.73 bits per heavy atom. The fraction of sp³-hybridized carbons (Fsp3) is 0.263. The number of esters is 1. The first-order chi connectivity index (χ1) is 12.5. The number of pyridine rings is 1. The van der Waals surface area contributed by atoms with Crippen molar-refractivity contribution < 1.29 is 14.3 Å². The van der Waals surface area contributed by atoms with Gasteiger partial charge in [-0.05, 0) is 41.4 Å². The lowest BCUT2D eigenvalue weighted by Gasteiger charge is -2.13. The summed E-state index contributed by atoms with van der Waals surface area (Å²) in [5.74, 6) is 0.152. The fourth-order valence-corrected chi connectivity index (χ4v) is 4.50. The number of para-hydroxylation sites is 1. The standard InChI is InChI=1S/C19H18BrNO4S/c1-4-25-19(23)13-10-21(9-12-7-5-6-8-14(12)24-3)18-15(16(13)22)11(2)17(20)26-18/h5-8,10H,4,9H2,1-3H3. The zero-order valence-electron chi connectivity index (χ0n) is 14.7. The Labute approximate surface area is 163 Å². The average Bonchev–Trinajstić information content (AvgIpc) is 2.93. The van der Waals surface area contributed by atoms with Crippen molar-refractivity contribution >= 4 is 43.5 Å². The van der Waals surface area contributed by atoms with Crippen molar-refractivity contribution in [3.63, 3.8) is 0 Å². The molecule has 0 aliphatic rings. The monoisotopic (exact) mass is 435 g/mol. The van der Waals surface area contributed by atoms with Gasteiger partial charge in [-0.15, -0.1) is 11.3 Å². The van der Waals surface area contributed by atoms with Crippen LogP contribution in [0.3, 0.4) is 0 Å². The van der Waals surface area contributed by atoms with E-state index in [9.17, 15) is 9.59 Å². The number of rotatable bonds is 5. The molecule has 1 aromatic carbocycles. The van der Waals surface area contributed by atoms with Gasteiger partial charge < -0.3 is 14.0 Å². The van der Waals surface area contributed by atoms with Gasteiger partial charge in [0.1, 0.15) is 16.1 Å². The molecule has 0 aliphatic carbocycles. The van der Waals surface area contributed by atoms with Gasteiger partial charge in [-0.25, -0.2) is 4.79 Å². The van der Waals surface area contributed by atoms with Gasteiger partial charge in [-0.1, -0.05) is 18.2 Å². The van der Waals surface area contributed by atoms with Crippen LogP contribution in [0.4, 0.5) is 0 Å². The third-order valence-electron chi connectivity index (χ3n) is 4.12. The number of halogens is 1. The smallest absolute Gasteiger partial charge is 0.343 e. The Morgan fingerprint density at radius 2 is 2.04 bits per heavy atom.